The molecule has 80 heavy (non-hydrogen) atoms. The van der Waals surface area contributed by atoms with Crippen LogP contribution in [0.4, 0.5) is 54.6 Å². The summed E-state index contributed by atoms with van der Waals surface area (Å²) in [6, 6.07) is 7.78. The zero-order valence-corrected chi connectivity index (χ0v) is 44.6. The van der Waals surface area contributed by atoms with Crippen molar-refractivity contribution in [1.82, 2.24) is 40.4 Å². The number of aliphatic hydroxyl groups excluding tert-OH is 1. The summed E-state index contributed by atoms with van der Waals surface area (Å²) in [7, 11) is 1.71. The Morgan fingerprint density at radius 2 is 1.41 bits per heavy atom. The van der Waals surface area contributed by atoms with Crippen LogP contribution in [0.15, 0.2) is 61.1 Å². The Hall–Kier alpha value is -6.45. The number of methoxy groups -OCH3 is 2. The number of nitrogens with zero attached hydrogens (tertiary/aromatic N) is 7. The predicted molar refractivity (Wildman–Crippen MR) is 267 cm³/mol. The van der Waals surface area contributed by atoms with E-state index >= 15 is 8.78 Å². The van der Waals surface area contributed by atoms with Crippen LogP contribution in [-0.2, 0) is 48.1 Å². The van der Waals surface area contributed by atoms with Crippen molar-refractivity contribution in [3.05, 3.63) is 83.8 Å². The van der Waals surface area contributed by atoms with Gasteiger partial charge < -0.3 is 29.5 Å². The maximum atomic E-state index is 16.5. The summed E-state index contributed by atoms with van der Waals surface area (Å²) in [6.45, 7) is 2.50. The van der Waals surface area contributed by atoms with Crippen LogP contribution in [0.3, 0.4) is 0 Å². The first-order valence-electron chi connectivity index (χ1n) is 25.6. The molecular formula is C53H63F10N9O8. The van der Waals surface area contributed by atoms with Crippen molar-refractivity contribution in [2.24, 2.45) is 22.7 Å². The smallest absolute Gasteiger partial charge is 0.407 e. The van der Waals surface area contributed by atoms with Crippen LogP contribution in [0.1, 0.15) is 64.5 Å². The predicted octanol–water partition coefficient (Wildman–Crippen LogP) is 7.70. The molecule has 2 aromatic carbocycles. The quantitative estimate of drug-likeness (QED) is 0.0372. The monoisotopic (exact) mass is 1140 g/mol. The lowest BCUT2D eigenvalue weighted by Crippen LogP contribution is -2.62. The highest BCUT2D eigenvalue weighted by atomic mass is 19.4. The SMILES string of the molecule is COC(=O)C[C@H](C(=O)NN(Cc1c(F)cc(-c2cnc(N3CC4CCC(C3)N4C3COC3)nc2)cc1F)C[C@H](O)[C@@H](CC(=O)[C@@H](NC(=O)OC)C(C)(C)C(F)(F)F)Cc1ccc(-c2ccn(CC(F)F)n2)cc1)C(C)(C)C(F)(F)F. The van der Waals surface area contributed by atoms with Crippen LogP contribution in [0.2, 0.25) is 0 Å². The molecule has 2 bridgehead atoms. The summed E-state index contributed by atoms with van der Waals surface area (Å²) >= 11 is 0. The van der Waals surface area contributed by atoms with Gasteiger partial charge >= 0.3 is 24.4 Å². The van der Waals surface area contributed by atoms with Gasteiger partial charge in [0.15, 0.2) is 5.78 Å². The number of halogens is 10. The van der Waals surface area contributed by atoms with Crippen LogP contribution in [0.5, 0.6) is 0 Å². The maximum absolute atomic E-state index is 16.5. The standard InChI is InChI=1S/C53H63F10N9O8/c1-50(2,52(58,59)60)38(19-45(75)78-5)47(76)68-71(24-37-39(54)16-31(17-40(37)55)33-20-64-48(65-21-33)69-22-34-11-12-35(23-69)72(34)36-27-80-28-36)25-43(74)32(18-42(73)46(66-49(77)79-6)51(3,4)53(61,62)63)15-29-7-9-30(10-8-29)41-13-14-70(67-41)26-44(56)57/h7-10,13-14,16-17,20-21,32,34-36,38,43-44,46,74H,11-12,15,18-19,22-28H2,1-6H3,(H,66,77)(H,68,76)/t32-,34?,35?,38-,43+,46-/m1/s1. The van der Waals surface area contributed by atoms with E-state index in [9.17, 15) is 59.4 Å². The van der Waals surface area contributed by atoms with Gasteiger partial charge in [0.05, 0.1) is 68.4 Å². The van der Waals surface area contributed by atoms with Crippen LogP contribution in [0.25, 0.3) is 22.4 Å². The number of hydrogen-bond donors (Lipinski definition) is 3. The zero-order chi connectivity index (χ0) is 58.6. The molecular weight excluding hydrogens is 1080 g/mol. The Morgan fingerprint density at radius 3 is 1.94 bits per heavy atom. The number of ketones is 1. The number of Topliss-reactive ketones (excluding diaryl/α,β-unsaturated/α-hetero) is 1. The molecule has 0 saturated carbocycles. The molecule has 7 rings (SSSR count). The van der Waals surface area contributed by atoms with E-state index in [1.54, 1.807) is 0 Å². The first-order valence-corrected chi connectivity index (χ1v) is 25.6. The van der Waals surface area contributed by atoms with E-state index in [1.807, 2.05) is 10.2 Å². The highest BCUT2D eigenvalue weighted by Gasteiger charge is 2.57. The fourth-order valence-electron chi connectivity index (χ4n) is 10.3. The number of esters is 1. The van der Waals surface area contributed by atoms with Crippen molar-refractivity contribution in [1.29, 1.82) is 0 Å². The number of hydrazine groups is 1. The highest BCUT2D eigenvalue weighted by Crippen LogP contribution is 2.46. The molecule has 4 aromatic rings. The number of hydrogen-bond acceptors (Lipinski definition) is 14. The minimum Gasteiger partial charge on any atom is -0.469 e. The van der Waals surface area contributed by atoms with Crippen molar-refractivity contribution < 1.29 is 82.4 Å². The van der Waals surface area contributed by atoms with Crippen LogP contribution >= 0.6 is 0 Å². The van der Waals surface area contributed by atoms with Gasteiger partial charge in [-0.3, -0.25) is 29.4 Å². The number of alkyl carbamates (subject to hydrolysis) is 1. The summed E-state index contributed by atoms with van der Waals surface area (Å²) in [6.07, 6.45) is -12.8. The molecule has 438 valence electrons. The summed E-state index contributed by atoms with van der Waals surface area (Å²) in [5, 5.41) is 18.9. The number of rotatable bonds is 23. The number of piperazine rings is 1. The van der Waals surface area contributed by atoms with Crippen molar-refractivity contribution in [2.45, 2.75) is 122 Å². The third-order valence-corrected chi connectivity index (χ3v) is 15.5. The number of amides is 2. The van der Waals surface area contributed by atoms with E-state index < -0.39 is 127 Å². The molecule has 3 aliphatic rings. The third-order valence-electron chi connectivity index (χ3n) is 15.5. The molecule has 3 N–H and O–H groups in total. The van der Waals surface area contributed by atoms with Gasteiger partial charge in [-0.2, -0.15) is 31.4 Å². The molecule has 3 aliphatic heterocycles. The number of benzene rings is 2. The van der Waals surface area contributed by atoms with Crippen molar-refractivity contribution in [3.8, 4) is 22.4 Å². The summed E-state index contributed by atoms with van der Waals surface area (Å²) in [4.78, 5) is 66.9. The Balaban J connectivity index is 1.21. The number of carbonyl (C=O) groups is 4. The maximum Gasteiger partial charge on any atom is 0.407 e. The van der Waals surface area contributed by atoms with Crippen molar-refractivity contribution in [3.63, 3.8) is 0 Å². The highest BCUT2D eigenvalue weighted by molar-refractivity contribution is 5.88. The zero-order valence-electron chi connectivity index (χ0n) is 44.6. The van der Waals surface area contributed by atoms with Crippen LogP contribution in [0, 0.1) is 34.3 Å². The minimum atomic E-state index is -5.14. The van der Waals surface area contributed by atoms with Gasteiger partial charge in [0.1, 0.15) is 24.2 Å². The number of aliphatic hydroxyl groups is 1. The fraction of sp³-hybridized carbons (Fsp3) is 0.566. The van der Waals surface area contributed by atoms with E-state index in [0.29, 0.717) is 82.1 Å². The number of alkyl halides is 8. The van der Waals surface area contributed by atoms with Crippen molar-refractivity contribution in [2.75, 3.05) is 52.0 Å². The number of ether oxygens (including phenoxy) is 3. The van der Waals surface area contributed by atoms with Gasteiger partial charge in [0, 0.05) is 80.0 Å². The van der Waals surface area contributed by atoms with Crippen molar-refractivity contribution >= 4 is 29.7 Å². The number of aromatic nitrogens is 4. The lowest BCUT2D eigenvalue weighted by atomic mass is 9.75. The number of nitrogens with one attached hydrogen (secondary N) is 2. The lowest BCUT2D eigenvalue weighted by Gasteiger charge is -2.47. The number of anilines is 1. The third kappa shape index (κ3) is 14.0. The summed E-state index contributed by atoms with van der Waals surface area (Å²) in [5.41, 5.74) is -3.42. The first-order chi connectivity index (χ1) is 37.5. The Labute approximate surface area is 454 Å². The summed E-state index contributed by atoms with van der Waals surface area (Å²) < 4.78 is 162. The lowest BCUT2D eigenvalue weighted by molar-refractivity contribution is -0.231. The van der Waals surface area contributed by atoms with Gasteiger partial charge in [-0.1, -0.05) is 38.1 Å². The van der Waals surface area contributed by atoms with Gasteiger partial charge in [0.2, 0.25) is 11.9 Å². The average molecular weight is 1140 g/mol. The van der Waals surface area contributed by atoms with Gasteiger partial charge in [-0.25, -0.2) is 37.3 Å². The number of fused-ring (bicyclic) bond motifs is 2. The Bertz CT molecular complexity index is 2780. The second kappa shape index (κ2) is 24.7. The topological polar surface area (TPSA) is 194 Å². The number of carbonyl (C=O) groups excluding carboxylic acids is 4. The largest absolute Gasteiger partial charge is 0.469 e. The molecule has 0 radical (unpaired) electrons. The van der Waals surface area contributed by atoms with E-state index in [-0.39, 0.29) is 35.3 Å². The molecule has 2 aromatic heterocycles. The van der Waals surface area contributed by atoms with Crippen LogP contribution < -0.4 is 15.6 Å². The van der Waals surface area contributed by atoms with E-state index in [4.69, 9.17) is 4.74 Å². The average Bonchev–Trinajstić information content (AvgIpc) is 3.93. The van der Waals surface area contributed by atoms with Gasteiger partial charge in [-0.05, 0) is 68.4 Å². The van der Waals surface area contributed by atoms with E-state index in [0.717, 1.165) is 43.9 Å². The second-order valence-electron chi connectivity index (χ2n) is 21.5. The molecule has 0 aliphatic carbocycles. The van der Waals surface area contributed by atoms with Gasteiger partial charge in [-0.15, -0.1) is 0 Å². The molecule has 27 heteroatoms. The van der Waals surface area contributed by atoms with Crippen LogP contribution in [-0.4, -0.2) is 155 Å². The fourth-order valence-corrected chi connectivity index (χ4v) is 10.3. The second-order valence-corrected chi connectivity index (χ2v) is 21.5. The van der Waals surface area contributed by atoms with Gasteiger partial charge in [0.25, 0.3) is 6.43 Å². The van der Waals surface area contributed by atoms with E-state index in [2.05, 4.69) is 34.9 Å². The normalized spacial score (nSPS) is 18.9. The molecule has 3 fully saturated rings. The molecule has 3 saturated heterocycles. The molecule has 5 heterocycles. The Kier molecular flexibility index (Phi) is 18.9. The molecule has 0 spiro atoms. The first kappa shape index (κ1) is 61.2. The summed E-state index contributed by atoms with van der Waals surface area (Å²) in [5.74, 6) is -9.94. The molecule has 2 unspecified atom stereocenters. The molecule has 2 amide bonds. The minimum absolute atomic E-state index is 0.0335. The molecule has 6 atom stereocenters. The van der Waals surface area contributed by atoms with E-state index in [1.165, 1.54) is 48.9 Å². The molecule has 17 nitrogen and oxygen atoms in total. The Morgan fingerprint density at radius 1 is 0.812 bits per heavy atom.